The third-order valence-corrected chi connectivity index (χ3v) is 7.11. The van der Waals surface area contributed by atoms with Gasteiger partial charge >= 0.3 is 6.03 Å². The summed E-state index contributed by atoms with van der Waals surface area (Å²) in [6, 6.07) is 7.65. The second-order valence-corrected chi connectivity index (χ2v) is 8.93. The lowest BCUT2D eigenvalue weighted by molar-refractivity contribution is -0.138. The third-order valence-electron chi connectivity index (χ3n) is 6.87. The number of piperazine rings is 1. The first-order chi connectivity index (χ1) is 13.4. The topological polar surface area (TPSA) is 55.9 Å². The van der Waals surface area contributed by atoms with E-state index >= 15 is 0 Å². The SMILES string of the molecule is C[C@H]1CCC[C@H](C)C12NC(=O)N(CN1CCN(c3cccc(Cl)c3)CC1)C2=O. The second kappa shape index (κ2) is 7.56. The van der Waals surface area contributed by atoms with E-state index in [1.165, 1.54) is 4.90 Å². The molecule has 7 heteroatoms. The molecule has 1 spiro atoms. The van der Waals surface area contributed by atoms with Gasteiger partial charge in [0.2, 0.25) is 0 Å². The maximum Gasteiger partial charge on any atom is 0.326 e. The molecular weight excluding hydrogens is 376 g/mol. The Morgan fingerprint density at radius 2 is 1.79 bits per heavy atom. The molecule has 0 bridgehead atoms. The van der Waals surface area contributed by atoms with Gasteiger partial charge in [-0.05, 0) is 42.9 Å². The molecule has 1 aromatic carbocycles. The highest BCUT2D eigenvalue weighted by molar-refractivity contribution is 6.30. The lowest BCUT2D eigenvalue weighted by atomic mass is 9.67. The fraction of sp³-hybridized carbons (Fsp3) is 0.619. The highest BCUT2D eigenvalue weighted by Crippen LogP contribution is 2.42. The Kier molecular flexibility index (Phi) is 5.27. The lowest BCUT2D eigenvalue weighted by Crippen LogP contribution is -2.59. The van der Waals surface area contributed by atoms with E-state index in [0.29, 0.717) is 6.67 Å². The number of benzene rings is 1. The molecule has 4 rings (SSSR count). The van der Waals surface area contributed by atoms with Gasteiger partial charge in [0, 0.05) is 36.9 Å². The minimum absolute atomic E-state index is 0.0329. The first-order valence-electron chi connectivity index (χ1n) is 10.3. The van der Waals surface area contributed by atoms with Crippen LogP contribution in [-0.2, 0) is 4.79 Å². The first kappa shape index (κ1) is 19.5. The molecule has 2 aliphatic heterocycles. The van der Waals surface area contributed by atoms with Gasteiger partial charge in [-0.2, -0.15) is 0 Å². The number of imide groups is 1. The van der Waals surface area contributed by atoms with Crippen LogP contribution in [-0.4, -0.2) is 60.1 Å². The highest BCUT2D eigenvalue weighted by atomic mass is 35.5. The number of amides is 3. The molecule has 3 fully saturated rings. The standard InChI is InChI=1S/C21H29ClN4O2/c1-15-5-3-6-16(2)21(15)19(27)26(20(28)23-21)14-24-9-11-25(12-10-24)18-8-4-7-17(22)13-18/h4,7-8,13,15-16H,3,5-6,9-12,14H2,1-2H3,(H,23,28)/t15-,16-/m0/s1. The quantitative estimate of drug-likeness (QED) is 0.786. The van der Waals surface area contributed by atoms with Crippen LogP contribution in [0.5, 0.6) is 0 Å². The highest BCUT2D eigenvalue weighted by Gasteiger charge is 2.58. The predicted octanol–water partition coefficient (Wildman–Crippen LogP) is 3.17. The molecule has 28 heavy (non-hydrogen) atoms. The van der Waals surface area contributed by atoms with Crippen molar-refractivity contribution >= 4 is 29.2 Å². The summed E-state index contributed by atoms with van der Waals surface area (Å²) in [5.41, 5.74) is 0.406. The number of urea groups is 1. The fourth-order valence-electron chi connectivity index (χ4n) is 5.10. The zero-order chi connectivity index (χ0) is 19.9. The van der Waals surface area contributed by atoms with Crippen LogP contribution in [0.25, 0.3) is 0 Å². The van der Waals surface area contributed by atoms with Gasteiger partial charge in [0.15, 0.2) is 0 Å². The molecule has 6 nitrogen and oxygen atoms in total. The van der Waals surface area contributed by atoms with Gasteiger partial charge in [-0.25, -0.2) is 9.69 Å². The molecule has 1 aliphatic carbocycles. The average Bonchev–Trinajstić information content (AvgIpc) is 2.93. The van der Waals surface area contributed by atoms with Crippen LogP contribution in [0.3, 0.4) is 0 Å². The molecular formula is C21H29ClN4O2. The van der Waals surface area contributed by atoms with Crippen molar-refractivity contribution in [2.45, 2.75) is 38.6 Å². The van der Waals surface area contributed by atoms with Crippen molar-refractivity contribution in [1.82, 2.24) is 15.1 Å². The van der Waals surface area contributed by atoms with E-state index in [2.05, 4.69) is 35.0 Å². The number of anilines is 1. The van der Waals surface area contributed by atoms with Crippen LogP contribution in [0.4, 0.5) is 10.5 Å². The molecule has 2 atom stereocenters. The number of nitrogens with one attached hydrogen (secondary N) is 1. The minimum atomic E-state index is -0.710. The third kappa shape index (κ3) is 3.26. The van der Waals surface area contributed by atoms with E-state index in [0.717, 1.165) is 56.2 Å². The van der Waals surface area contributed by atoms with Crippen LogP contribution in [0.15, 0.2) is 24.3 Å². The minimum Gasteiger partial charge on any atom is -0.369 e. The van der Waals surface area contributed by atoms with Crippen molar-refractivity contribution in [1.29, 1.82) is 0 Å². The van der Waals surface area contributed by atoms with Gasteiger partial charge in [0.25, 0.3) is 5.91 Å². The fourth-order valence-corrected chi connectivity index (χ4v) is 5.29. The van der Waals surface area contributed by atoms with Gasteiger partial charge < -0.3 is 10.2 Å². The summed E-state index contributed by atoms with van der Waals surface area (Å²) in [7, 11) is 0. The molecule has 152 valence electrons. The average molecular weight is 405 g/mol. The van der Waals surface area contributed by atoms with Crippen molar-refractivity contribution in [2.75, 3.05) is 37.7 Å². The van der Waals surface area contributed by atoms with Crippen LogP contribution in [0.1, 0.15) is 33.1 Å². The maximum absolute atomic E-state index is 13.3. The Morgan fingerprint density at radius 1 is 1.11 bits per heavy atom. The second-order valence-electron chi connectivity index (χ2n) is 8.49. The molecule has 3 amide bonds. The van der Waals surface area contributed by atoms with Crippen molar-refractivity contribution in [3.63, 3.8) is 0 Å². The molecule has 0 aromatic heterocycles. The zero-order valence-corrected chi connectivity index (χ0v) is 17.4. The molecule has 2 saturated heterocycles. The number of nitrogens with zero attached hydrogens (tertiary/aromatic N) is 3. The van der Waals surface area contributed by atoms with E-state index in [1.807, 2.05) is 18.2 Å². The van der Waals surface area contributed by atoms with Gasteiger partial charge in [-0.3, -0.25) is 9.69 Å². The molecule has 1 aromatic rings. The molecule has 0 unspecified atom stereocenters. The van der Waals surface area contributed by atoms with E-state index in [-0.39, 0.29) is 23.8 Å². The number of carbonyl (C=O) groups excluding carboxylic acids is 2. The maximum atomic E-state index is 13.3. The summed E-state index contributed by atoms with van der Waals surface area (Å²) >= 11 is 6.11. The van der Waals surface area contributed by atoms with Crippen molar-refractivity contribution in [2.24, 2.45) is 11.8 Å². The van der Waals surface area contributed by atoms with Gasteiger partial charge in [-0.1, -0.05) is 37.9 Å². The van der Waals surface area contributed by atoms with Crippen LogP contribution in [0.2, 0.25) is 5.02 Å². The Morgan fingerprint density at radius 3 is 2.43 bits per heavy atom. The summed E-state index contributed by atoms with van der Waals surface area (Å²) in [6.07, 6.45) is 3.10. The van der Waals surface area contributed by atoms with Gasteiger partial charge in [-0.15, -0.1) is 0 Å². The summed E-state index contributed by atoms with van der Waals surface area (Å²) in [4.78, 5) is 31.9. The van der Waals surface area contributed by atoms with E-state index < -0.39 is 5.54 Å². The molecule has 1 saturated carbocycles. The Bertz CT molecular complexity index is 753. The van der Waals surface area contributed by atoms with Gasteiger partial charge in [0.05, 0.1) is 6.67 Å². The van der Waals surface area contributed by atoms with E-state index in [9.17, 15) is 9.59 Å². The van der Waals surface area contributed by atoms with Gasteiger partial charge in [0.1, 0.15) is 5.54 Å². The first-order valence-corrected chi connectivity index (χ1v) is 10.7. The summed E-state index contributed by atoms with van der Waals surface area (Å²) in [6.45, 7) is 7.88. The number of halogens is 1. The van der Waals surface area contributed by atoms with Crippen molar-refractivity contribution in [3.05, 3.63) is 29.3 Å². The Hall–Kier alpha value is -1.79. The van der Waals surface area contributed by atoms with Crippen molar-refractivity contribution < 1.29 is 9.59 Å². The normalized spacial score (nSPS) is 28.1. The van der Waals surface area contributed by atoms with Crippen LogP contribution in [0, 0.1) is 11.8 Å². The summed E-state index contributed by atoms with van der Waals surface area (Å²) < 4.78 is 0. The van der Waals surface area contributed by atoms with E-state index in [4.69, 9.17) is 11.6 Å². The molecule has 3 aliphatic rings. The number of rotatable bonds is 3. The number of carbonyl (C=O) groups is 2. The monoisotopic (exact) mass is 404 g/mol. The zero-order valence-electron chi connectivity index (χ0n) is 16.7. The molecule has 0 radical (unpaired) electrons. The van der Waals surface area contributed by atoms with E-state index in [1.54, 1.807) is 0 Å². The molecule has 2 heterocycles. The summed E-state index contributed by atoms with van der Waals surface area (Å²) in [5.74, 6) is 0.323. The lowest BCUT2D eigenvalue weighted by Gasteiger charge is -2.42. The van der Waals surface area contributed by atoms with Crippen LogP contribution < -0.4 is 10.2 Å². The Balaban J connectivity index is 1.40. The molecule has 1 N–H and O–H groups in total. The largest absolute Gasteiger partial charge is 0.369 e. The number of hydrogen-bond donors (Lipinski definition) is 1. The smallest absolute Gasteiger partial charge is 0.326 e. The Labute approximate surface area is 171 Å². The number of hydrogen-bond acceptors (Lipinski definition) is 4. The van der Waals surface area contributed by atoms with Crippen LogP contribution >= 0.6 is 11.6 Å². The van der Waals surface area contributed by atoms with Crippen molar-refractivity contribution in [3.8, 4) is 0 Å². The predicted molar refractivity (Wildman–Crippen MR) is 110 cm³/mol. The summed E-state index contributed by atoms with van der Waals surface area (Å²) in [5, 5.41) is 3.82.